The molecule has 4 rings (SSSR count). The number of fused-ring (bicyclic) bond motifs is 1. The minimum Gasteiger partial charge on any atom is -0.443 e. The van der Waals surface area contributed by atoms with Crippen molar-refractivity contribution in [2.45, 2.75) is 26.4 Å². The number of aromatic nitrogens is 4. The third-order valence-corrected chi connectivity index (χ3v) is 4.62. The van der Waals surface area contributed by atoms with Crippen LogP contribution in [0.4, 0.5) is 15.0 Å². The number of nitrogens with one attached hydrogen (secondary N) is 1. The van der Waals surface area contributed by atoms with E-state index in [1.165, 1.54) is 17.2 Å². The molecule has 0 bridgehead atoms. The number of H-pyrrole nitrogens is 1. The number of carbonyl (C=O) groups excluding carboxylic acids is 1. The monoisotopic (exact) mass is 419 g/mol. The summed E-state index contributed by atoms with van der Waals surface area (Å²) in [5.41, 5.74) is 2.30. The molecule has 4 aromatic heterocycles. The Labute approximate surface area is 178 Å². The van der Waals surface area contributed by atoms with Crippen molar-refractivity contribution in [1.29, 1.82) is 0 Å². The molecule has 0 aliphatic rings. The Bertz CT molecular complexity index is 1210. The highest BCUT2D eigenvalue weighted by Gasteiger charge is 2.21. The summed E-state index contributed by atoms with van der Waals surface area (Å²) in [7, 11) is 1.58. The molecule has 0 unspecified atom stereocenters. The summed E-state index contributed by atoms with van der Waals surface area (Å²) in [6.45, 7) is 5.39. The van der Waals surface area contributed by atoms with Gasteiger partial charge in [0.15, 0.2) is 0 Å². The predicted molar refractivity (Wildman–Crippen MR) is 117 cm³/mol. The van der Waals surface area contributed by atoms with Crippen LogP contribution in [0.5, 0.6) is 0 Å². The van der Waals surface area contributed by atoms with Crippen molar-refractivity contribution >= 4 is 22.8 Å². The van der Waals surface area contributed by atoms with Gasteiger partial charge in [0.05, 0.1) is 28.7 Å². The summed E-state index contributed by atoms with van der Waals surface area (Å²) >= 11 is 0. The minimum atomic E-state index is -0.601. The first-order valence-corrected chi connectivity index (χ1v) is 9.73. The van der Waals surface area contributed by atoms with E-state index in [-0.39, 0.29) is 0 Å². The molecule has 0 aliphatic carbocycles. The lowest BCUT2D eigenvalue weighted by atomic mass is 10.1. The van der Waals surface area contributed by atoms with Crippen molar-refractivity contribution in [3.05, 3.63) is 60.9 Å². The van der Waals surface area contributed by atoms with Gasteiger partial charge in [0.1, 0.15) is 17.2 Å². The molecular weight excluding hydrogens is 397 g/mol. The van der Waals surface area contributed by atoms with Gasteiger partial charge in [-0.3, -0.25) is 14.9 Å². The maximum Gasteiger partial charge on any atom is 0.415 e. The first-order chi connectivity index (χ1) is 14.7. The van der Waals surface area contributed by atoms with E-state index in [1.54, 1.807) is 58.5 Å². The van der Waals surface area contributed by atoms with E-state index in [1.807, 2.05) is 12.1 Å². The molecule has 0 fully saturated rings. The summed E-state index contributed by atoms with van der Waals surface area (Å²) in [5.74, 6) is 0.0150. The molecule has 0 saturated carbocycles. The SMILES string of the molecule is CN(C(=O)OC(C)(C)C)c1ccc(-c2cc(F)c(-c3cc4ccncc4[nH]3)cn2)cn1. The van der Waals surface area contributed by atoms with E-state index in [0.29, 0.717) is 28.3 Å². The first kappa shape index (κ1) is 20.5. The topological polar surface area (TPSA) is 84.0 Å². The second kappa shape index (κ2) is 7.79. The quantitative estimate of drug-likeness (QED) is 0.494. The van der Waals surface area contributed by atoms with Crippen LogP contribution in [0, 0.1) is 5.82 Å². The Morgan fingerprint density at radius 1 is 1.10 bits per heavy atom. The van der Waals surface area contributed by atoms with Crippen LogP contribution in [0.25, 0.3) is 33.4 Å². The lowest BCUT2D eigenvalue weighted by Crippen LogP contribution is -2.34. The molecule has 31 heavy (non-hydrogen) atoms. The molecule has 4 aromatic rings. The van der Waals surface area contributed by atoms with Gasteiger partial charge < -0.3 is 9.72 Å². The number of nitrogens with zero attached hydrogens (tertiary/aromatic N) is 4. The van der Waals surface area contributed by atoms with Crippen LogP contribution in [-0.4, -0.2) is 38.7 Å². The van der Waals surface area contributed by atoms with Crippen LogP contribution in [0.1, 0.15) is 20.8 Å². The third kappa shape index (κ3) is 4.37. The molecule has 0 radical (unpaired) electrons. The number of amides is 1. The van der Waals surface area contributed by atoms with Crippen molar-refractivity contribution in [1.82, 2.24) is 19.9 Å². The number of ether oxygens (including phenoxy) is 1. The van der Waals surface area contributed by atoms with Crippen LogP contribution in [-0.2, 0) is 4.74 Å². The Morgan fingerprint density at radius 3 is 2.55 bits per heavy atom. The number of anilines is 1. The van der Waals surface area contributed by atoms with Gasteiger partial charge in [-0.05, 0) is 45.0 Å². The summed E-state index contributed by atoms with van der Waals surface area (Å²) in [5, 5.41) is 0.947. The number of pyridine rings is 3. The molecule has 1 N–H and O–H groups in total. The molecule has 0 aliphatic heterocycles. The Morgan fingerprint density at radius 2 is 1.90 bits per heavy atom. The summed E-state index contributed by atoms with van der Waals surface area (Å²) in [4.78, 5) is 29.4. The maximum absolute atomic E-state index is 14.9. The zero-order chi connectivity index (χ0) is 22.2. The minimum absolute atomic E-state index is 0.370. The maximum atomic E-state index is 14.9. The average Bonchev–Trinajstić information content (AvgIpc) is 3.16. The number of hydrogen-bond acceptors (Lipinski definition) is 5. The van der Waals surface area contributed by atoms with Crippen LogP contribution >= 0.6 is 0 Å². The van der Waals surface area contributed by atoms with Gasteiger partial charge in [-0.15, -0.1) is 0 Å². The Kier molecular flexibility index (Phi) is 5.14. The molecule has 1 amide bonds. The normalized spacial score (nSPS) is 11.5. The van der Waals surface area contributed by atoms with Gasteiger partial charge >= 0.3 is 6.09 Å². The van der Waals surface area contributed by atoms with Crippen molar-refractivity contribution in [3.8, 4) is 22.5 Å². The van der Waals surface area contributed by atoms with Crippen molar-refractivity contribution in [2.24, 2.45) is 0 Å². The molecule has 7 nitrogen and oxygen atoms in total. The van der Waals surface area contributed by atoms with Crippen molar-refractivity contribution in [3.63, 3.8) is 0 Å². The molecule has 0 spiro atoms. The molecule has 0 aromatic carbocycles. The standard InChI is InChI=1S/C23H22FN5O2/c1-23(2,3)31-22(30)29(4)21-6-5-15(11-27-21)18-10-17(24)16(12-26-18)19-9-14-7-8-25-13-20(14)28-19/h5-13,28H,1-4H3. The van der Waals surface area contributed by atoms with Crippen molar-refractivity contribution in [2.75, 3.05) is 11.9 Å². The lowest BCUT2D eigenvalue weighted by molar-refractivity contribution is 0.0588. The van der Waals surface area contributed by atoms with Crippen LogP contribution in [0.3, 0.4) is 0 Å². The number of halogens is 1. The van der Waals surface area contributed by atoms with E-state index in [2.05, 4.69) is 19.9 Å². The van der Waals surface area contributed by atoms with Crippen LogP contribution < -0.4 is 4.90 Å². The van der Waals surface area contributed by atoms with Crippen molar-refractivity contribution < 1.29 is 13.9 Å². The van der Waals surface area contributed by atoms with E-state index in [9.17, 15) is 9.18 Å². The molecule has 4 heterocycles. The number of rotatable bonds is 3. The average molecular weight is 419 g/mol. The van der Waals surface area contributed by atoms with Crippen LogP contribution in [0.15, 0.2) is 55.1 Å². The van der Waals surface area contributed by atoms with E-state index in [4.69, 9.17) is 4.74 Å². The van der Waals surface area contributed by atoms with Gasteiger partial charge in [0, 0.05) is 42.7 Å². The second-order valence-corrected chi connectivity index (χ2v) is 8.14. The number of aromatic amines is 1. The largest absolute Gasteiger partial charge is 0.443 e. The van der Waals surface area contributed by atoms with Gasteiger partial charge in [0.2, 0.25) is 0 Å². The van der Waals surface area contributed by atoms with Gasteiger partial charge in [-0.25, -0.2) is 14.2 Å². The number of carbonyl (C=O) groups is 1. The summed E-state index contributed by atoms with van der Waals surface area (Å²) in [6, 6.07) is 8.49. The highest BCUT2D eigenvalue weighted by Crippen LogP contribution is 2.28. The Balaban J connectivity index is 1.56. The fraction of sp³-hybridized carbons (Fsp3) is 0.217. The zero-order valence-electron chi connectivity index (χ0n) is 17.7. The van der Waals surface area contributed by atoms with Gasteiger partial charge in [-0.2, -0.15) is 0 Å². The first-order valence-electron chi connectivity index (χ1n) is 9.73. The van der Waals surface area contributed by atoms with Gasteiger partial charge in [-0.1, -0.05) is 0 Å². The summed E-state index contributed by atoms with van der Waals surface area (Å²) in [6.07, 6.45) is 5.92. The highest BCUT2D eigenvalue weighted by molar-refractivity contribution is 5.86. The van der Waals surface area contributed by atoms with Gasteiger partial charge in [0.25, 0.3) is 0 Å². The predicted octanol–water partition coefficient (Wildman–Crippen LogP) is 5.20. The fourth-order valence-corrected chi connectivity index (χ4v) is 3.06. The lowest BCUT2D eigenvalue weighted by Gasteiger charge is -2.24. The smallest absolute Gasteiger partial charge is 0.415 e. The van der Waals surface area contributed by atoms with Crippen LogP contribution in [0.2, 0.25) is 0 Å². The van der Waals surface area contributed by atoms with E-state index in [0.717, 1.165) is 10.9 Å². The number of hydrogen-bond donors (Lipinski definition) is 1. The molecule has 158 valence electrons. The fourth-order valence-electron chi connectivity index (χ4n) is 3.06. The summed E-state index contributed by atoms with van der Waals surface area (Å²) < 4.78 is 20.2. The second-order valence-electron chi connectivity index (χ2n) is 8.14. The Hall–Kier alpha value is -3.81. The molecular formula is C23H22FN5O2. The molecule has 8 heteroatoms. The highest BCUT2D eigenvalue weighted by atomic mass is 19.1. The molecule has 0 saturated heterocycles. The van der Waals surface area contributed by atoms with E-state index < -0.39 is 17.5 Å². The third-order valence-electron chi connectivity index (χ3n) is 4.62. The zero-order valence-corrected chi connectivity index (χ0v) is 17.7. The molecule has 0 atom stereocenters. The van der Waals surface area contributed by atoms with E-state index >= 15 is 0 Å².